The van der Waals surface area contributed by atoms with Crippen molar-refractivity contribution in [1.29, 1.82) is 0 Å². The summed E-state index contributed by atoms with van der Waals surface area (Å²) >= 11 is 5.81. The second-order valence-electron chi connectivity index (χ2n) is 4.14. The van der Waals surface area contributed by atoms with Gasteiger partial charge < -0.3 is 5.32 Å². The highest BCUT2D eigenvalue weighted by Gasteiger charge is 2.08. The summed E-state index contributed by atoms with van der Waals surface area (Å²) in [6.07, 6.45) is 2.72. The van der Waals surface area contributed by atoms with E-state index in [-0.39, 0.29) is 11.6 Å². The third-order valence-corrected chi connectivity index (χ3v) is 3.07. The molecule has 1 heterocycles. The fourth-order valence-corrected chi connectivity index (χ4v) is 1.88. The van der Waals surface area contributed by atoms with Crippen LogP contribution >= 0.6 is 11.6 Å². The zero-order valence-electron chi connectivity index (χ0n) is 10.7. The lowest BCUT2D eigenvalue weighted by atomic mass is 10.1. The smallest absolute Gasteiger partial charge is 0.186 e. The van der Waals surface area contributed by atoms with E-state index in [9.17, 15) is 4.39 Å². The van der Waals surface area contributed by atoms with Crippen molar-refractivity contribution >= 4 is 17.4 Å². The largest absolute Gasteiger partial charge is 0.367 e. The average Bonchev–Trinajstić information content (AvgIpc) is 2.43. The van der Waals surface area contributed by atoms with Crippen molar-refractivity contribution in [3.63, 3.8) is 0 Å². The van der Waals surface area contributed by atoms with Gasteiger partial charge in [0.1, 0.15) is 6.33 Å². The summed E-state index contributed by atoms with van der Waals surface area (Å²) in [7, 11) is 0. The van der Waals surface area contributed by atoms with Crippen molar-refractivity contribution in [3.8, 4) is 0 Å². The number of nitrogens with one attached hydrogen (secondary N) is 1. The minimum atomic E-state index is -0.360. The molecule has 1 aromatic heterocycles. The number of halogens is 2. The van der Waals surface area contributed by atoms with Gasteiger partial charge in [0, 0.05) is 11.6 Å². The lowest BCUT2D eigenvalue weighted by Crippen LogP contribution is -2.10. The summed E-state index contributed by atoms with van der Waals surface area (Å²) in [5.74, 6) is -0.0954. The molecular formula is C14H15ClFN3. The number of hydrogen-bond acceptors (Lipinski definition) is 3. The number of aromatic nitrogens is 2. The van der Waals surface area contributed by atoms with Crippen molar-refractivity contribution in [3.05, 3.63) is 52.7 Å². The van der Waals surface area contributed by atoms with Gasteiger partial charge in [-0.15, -0.1) is 0 Å². The monoisotopic (exact) mass is 279 g/mol. The fourth-order valence-electron chi connectivity index (χ4n) is 1.75. The molecule has 100 valence electrons. The van der Waals surface area contributed by atoms with Gasteiger partial charge in [-0.25, -0.2) is 14.4 Å². The van der Waals surface area contributed by atoms with Gasteiger partial charge in [-0.2, -0.15) is 0 Å². The molecule has 5 heteroatoms. The Kier molecular flexibility index (Phi) is 4.68. The summed E-state index contributed by atoms with van der Waals surface area (Å²) in [5.41, 5.74) is 1.58. The van der Waals surface area contributed by atoms with E-state index in [4.69, 9.17) is 11.6 Å². The molecule has 0 aliphatic heterocycles. The van der Waals surface area contributed by atoms with Crippen LogP contribution < -0.4 is 5.32 Å². The Morgan fingerprint density at radius 3 is 2.63 bits per heavy atom. The number of anilines is 1. The van der Waals surface area contributed by atoms with E-state index in [1.54, 1.807) is 0 Å². The van der Waals surface area contributed by atoms with Crippen LogP contribution in [-0.2, 0) is 12.8 Å². The standard InChI is InChI=1S/C14H15ClFN3/c1-2-12-13(16)14(19-9-18-12)17-8-7-10-3-5-11(15)6-4-10/h3-6,9H,2,7-8H2,1H3,(H,17,18,19). The minimum Gasteiger partial charge on any atom is -0.367 e. The molecule has 0 amide bonds. The molecule has 0 fully saturated rings. The maximum absolute atomic E-state index is 13.8. The molecule has 3 nitrogen and oxygen atoms in total. The molecule has 0 aliphatic rings. The second-order valence-corrected chi connectivity index (χ2v) is 4.58. The highest BCUT2D eigenvalue weighted by atomic mass is 35.5. The van der Waals surface area contributed by atoms with Gasteiger partial charge in [-0.1, -0.05) is 30.7 Å². The lowest BCUT2D eigenvalue weighted by Gasteiger charge is -2.08. The van der Waals surface area contributed by atoms with Crippen molar-refractivity contribution in [2.75, 3.05) is 11.9 Å². The van der Waals surface area contributed by atoms with Crippen LogP contribution in [0, 0.1) is 5.82 Å². The number of rotatable bonds is 5. The van der Waals surface area contributed by atoms with E-state index in [0.29, 0.717) is 23.7 Å². The highest BCUT2D eigenvalue weighted by molar-refractivity contribution is 6.30. The fraction of sp³-hybridized carbons (Fsp3) is 0.286. The molecule has 0 atom stereocenters. The van der Waals surface area contributed by atoms with Gasteiger partial charge >= 0.3 is 0 Å². The van der Waals surface area contributed by atoms with Crippen LogP contribution in [0.5, 0.6) is 0 Å². The molecule has 1 aromatic carbocycles. The van der Waals surface area contributed by atoms with E-state index in [2.05, 4.69) is 15.3 Å². The Morgan fingerprint density at radius 1 is 1.21 bits per heavy atom. The first-order valence-electron chi connectivity index (χ1n) is 6.18. The van der Waals surface area contributed by atoms with Crippen LogP contribution in [-0.4, -0.2) is 16.5 Å². The predicted octanol–water partition coefficient (Wildman–Crippen LogP) is 3.49. The van der Waals surface area contributed by atoms with Crippen LogP contribution in [0.4, 0.5) is 10.2 Å². The summed E-state index contributed by atoms with van der Waals surface area (Å²) < 4.78 is 13.8. The molecule has 2 aromatic rings. The van der Waals surface area contributed by atoms with Crippen molar-refractivity contribution in [2.45, 2.75) is 19.8 Å². The summed E-state index contributed by atoms with van der Waals surface area (Å²) in [5, 5.41) is 3.71. The van der Waals surface area contributed by atoms with Crippen LogP contribution in [0.1, 0.15) is 18.2 Å². The lowest BCUT2D eigenvalue weighted by molar-refractivity contribution is 0.596. The Balaban J connectivity index is 1.94. The van der Waals surface area contributed by atoms with E-state index in [1.807, 2.05) is 31.2 Å². The maximum Gasteiger partial charge on any atom is 0.186 e. The predicted molar refractivity (Wildman–Crippen MR) is 75.0 cm³/mol. The second kappa shape index (κ2) is 6.48. The van der Waals surface area contributed by atoms with E-state index >= 15 is 0 Å². The number of nitrogens with zero attached hydrogens (tertiary/aromatic N) is 2. The summed E-state index contributed by atoms with van der Waals surface area (Å²) in [6, 6.07) is 7.60. The third kappa shape index (κ3) is 3.64. The van der Waals surface area contributed by atoms with Gasteiger partial charge in [-0.3, -0.25) is 0 Å². The Hall–Kier alpha value is -1.68. The molecule has 0 saturated carbocycles. The SMILES string of the molecule is CCc1ncnc(NCCc2ccc(Cl)cc2)c1F. The molecule has 0 bridgehead atoms. The molecule has 0 aliphatic carbocycles. The molecule has 2 rings (SSSR count). The molecule has 1 N–H and O–H groups in total. The van der Waals surface area contributed by atoms with Crippen molar-refractivity contribution in [2.24, 2.45) is 0 Å². The zero-order valence-corrected chi connectivity index (χ0v) is 11.4. The zero-order chi connectivity index (χ0) is 13.7. The summed E-state index contributed by atoms with van der Waals surface area (Å²) in [6.45, 7) is 2.47. The van der Waals surface area contributed by atoms with Crippen molar-refractivity contribution < 1.29 is 4.39 Å². The van der Waals surface area contributed by atoms with Gasteiger partial charge in [0.05, 0.1) is 5.69 Å². The normalized spacial score (nSPS) is 10.5. The Morgan fingerprint density at radius 2 is 1.95 bits per heavy atom. The average molecular weight is 280 g/mol. The third-order valence-electron chi connectivity index (χ3n) is 2.82. The summed E-state index contributed by atoms with van der Waals surface area (Å²) in [4.78, 5) is 7.81. The number of benzene rings is 1. The molecule has 0 spiro atoms. The first-order valence-corrected chi connectivity index (χ1v) is 6.56. The number of aryl methyl sites for hydroxylation is 1. The molecule has 0 unspecified atom stereocenters. The van der Waals surface area contributed by atoms with Crippen LogP contribution in [0.3, 0.4) is 0 Å². The van der Waals surface area contributed by atoms with Crippen molar-refractivity contribution in [1.82, 2.24) is 9.97 Å². The molecule has 0 radical (unpaired) electrons. The highest BCUT2D eigenvalue weighted by Crippen LogP contribution is 2.14. The van der Waals surface area contributed by atoms with Gasteiger partial charge in [0.25, 0.3) is 0 Å². The topological polar surface area (TPSA) is 37.8 Å². The van der Waals surface area contributed by atoms with Crippen LogP contribution in [0.2, 0.25) is 5.02 Å². The first-order chi connectivity index (χ1) is 9.20. The quantitative estimate of drug-likeness (QED) is 0.910. The van der Waals surface area contributed by atoms with E-state index in [0.717, 1.165) is 12.0 Å². The Labute approximate surface area is 116 Å². The maximum atomic E-state index is 13.8. The molecule has 0 saturated heterocycles. The van der Waals surface area contributed by atoms with Crippen LogP contribution in [0.25, 0.3) is 0 Å². The number of hydrogen-bond donors (Lipinski definition) is 1. The minimum absolute atomic E-state index is 0.265. The first kappa shape index (κ1) is 13.7. The van der Waals surface area contributed by atoms with Gasteiger partial charge in [0.2, 0.25) is 0 Å². The Bertz CT molecular complexity index is 543. The molecule has 19 heavy (non-hydrogen) atoms. The molecular weight excluding hydrogens is 265 g/mol. The van der Waals surface area contributed by atoms with E-state index in [1.165, 1.54) is 6.33 Å². The van der Waals surface area contributed by atoms with Crippen LogP contribution in [0.15, 0.2) is 30.6 Å². The van der Waals surface area contributed by atoms with E-state index < -0.39 is 0 Å². The van der Waals surface area contributed by atoms with Gasteiger partial charge in [-0.05, 0) is 30.5 Å². The van der Waals surface area contributed by atoms with Gasteiger partial charge in [0.15, 0.2) is 11.6 Å².